The van der Waals surface area contributed by atoms with Crippen LogP contribution in [0.15, 0.2) is 23.2 Å². The van der Waals surface area contributed by atoms with Gasteiger partial charge in [-0.2, -0.15) is 0 Å². The largest absolute Gasteiger partial charge is 0.355 e. The smallest absolute Gasteiger partial charge is 0.234 e. The summed E-state index contributed by atoms with van der Waals surface area (Å²) in [5.74, 6) is 0.373. The molecule has 0 heterocycles. The molecule has 1 aromatic rings. The summed E-state index contributed by atoms with van der Waals surface area (Å²) in [6.45, 7) is 8.00. The summed E-state index contributed by atoms with van der Waals surface area (Å²) in [6.07, 6.45) is 0. The zero-order chi connectivity index (χ0) is 18.3. The number of nitrogens with one attached hydrogen (secondary N) is 3. The summed E-state index contributed by atoms with van der Waals surface area (Å²) >= 11 is 0. The van der Waals surface area contributed by atoms with Crippen molar-refractivity contribution in [2.24, 2.45) is 10.9 Å². The van der Waals surface area contributed by atoms with Gasteiger partial charge in [0.1, 0.15) is 5.82 Å². The van der Waals surface area contributed by atoms with Gasteiger partial charge < -0.3 is 10.6 Å². The minimum atomic E-state index is -3.57. The Hall–Kier alpha value is -1.10. The molecule has 0 aliphatic carbocycles. The van der Waals surface area contributed by atoms with Crippen molar-refractivity contribution in [3.05, 3.63) is 29.6 Å². The number of sulfonamides is 1. The molecular formula is C16H28FIN4O2S. The first-order valence-electron chi connectivity index (χ1n) is 7.88. The molecule has 3 N–H and O–H groups in total. The Labute approximate surface area is 167 Å². The summed E-state index contributed by atoms with van der Waals surface area (Å²) in [5.41, 5.74) is 0.683. The Morgan fingerprint density at radius 2 is 1.92 bits per heavy atom. The lowest BCUT2D eigenvalue weighted by atomic mass is 10.1. The van der Waals surface area contributed by atoms with Gasteiger partial charge in [0.05, 0.1) is 11.4 Å². The van der Waals surface area contributed by atoms with Crippen molar-refractivity contribution in [2.75, 3.05) is 24.1 Å². The molecule has 0 aliphatic rings. The Kier molecular flexibility index (Phi) is 10.3. The van der Waals surface area contributed by atoms with E-state index < -0.39 is 15.8 Å². The summed E-state index contributed by atoms with van der Waals surface area (Å²) in [7, 11) is -1.95. The number of guanidine groups is 1. The standard InChI is InChI=1S/C16H27FN4O2S.HI/c1-11(2)13(4)20-16(18-5)19-8-9-24(22,23)21-14-7-6-12(3)15(17)10-14;/h6-7,10-11,13,21H,8-9H2,1-5H3,(H2,18,19,20);1H. The van der Waals surface area contributed by atoms with Crippen molar-refractivity contribution < 1.29 is 12.8 Å². The van der Waals surface area contributed by atoms with Crippen LogP contribution in [0, 0.1) is 18.7 Å². The predicted molar refractivity (Wildman–Crippen MR) is 113 cm³/mol. The van der Waals surface area contributed by atoms with Crippen LogP contribution in [0.1, 0.15) is 26.3 Å². The van der Waals surface area contributed by atoms with Gasteiger partial charge in [0.2, 0.25) is 10.0 Å². The van der Waals surface area contributed by atoms with Crippen molar-refractivity contribution >= 4 is 45.6 Å². The van der Waals surface area contributed by atoms with Gasteiger partial charge in [-0.3, -0.25) is 9.71 Å². The second kappa shape index (κ2) is 10.8. The number of halogens is 2. The maximum absolute atomic E-state index is 13.5. The summed E-state index contributed by atoms with van der Waals surface area (Å²) in [5, 5.41) is 6.15. The average Bonchev–Trinajstić information content (AvgIpc) is 2.49. The van der Waals surface area contributed by atoms with Gasteiger partial charge in [0, 0.05) is 19.6 Å². The van der Waals surface area contributed by atoms with Crippen molar-refractivity contribution in [3.63, 3.8) is 0 Å². The van der Waals surface area contributed by atoms with E-state index in [1.807, 2.05) is 6.92 Å². The molecule has 1 aromatic carbocycles. The first kappa shape index (κ1) is 23.9. The lowest BCUT2D eigenvalue weighted by molar-refractivity contribution is 0.481. The third-order valence-electron chi connectivity index (χ3n) is 3.70. The van der Waals surface area contributed by atoms with E-state index >= 15 is 0 Å². The Bertz CT molecular complexity index is 681. The molecule has 6 nitrogen and oxygen atoms in total. The number of aryl methyl sites for hydroxylation is 1. The highest BCUT2D eigenvalue weighted by Crippen LogP contribution is 2.14. The molecule has 25 heavy (non-hydrogen) atoms. The molecule has 1 atom stereocenters. The average molecular weight is 486 g/mol. The maximum Gasteiger partial charge on any atom is 0.234 e. The van der Waals surface area contributed by atoms with Crippen LogP contribution in [-0.2, 0) is 10.0 Å². The van der Waals surface area contributed by atoms with E-state index in [9.17, 15) is 12.8 Å². The van der Waals surface area contributed by atoms with Crippen LogP contribution in [0.2, 0.25) is 0 Å². The summed E-state index contributed by atoms with van der Waals surface area (Å²) < 4.78 is 40.0. The highest BCUT2D eigenvalue weighted by atomic mass is 127. The second-order valence-corrected chi connectivity index (χ2v) is 7.90. The number of anilines is 1. The van der Waals surface area contributed by atoms with Crippen LogP contribution in [-0.4, -0.2) is 39.8 Å². The minimum absolute atomic E-state index is 0. The van der Waals surface area contributed by atoms with Gasteiger partial charge in [-0.15, -0.1) is 24.0 Å². The van der Waals surface area contributed by atoms with Crippen molar-refractivity contribution in [3.8, 4) is 0 Å². The van der Waals surface area contributed by atoms with E-state index in [0.717, 1.165) is 0 Å². The first-order chi connectivity index (χ1) is 11.1. The summed E-state index contributed by atoms with van der Waals surface area (Å²) in [4.78, 5) is 4.06. The van der Waals surface area contributed by atoms with Crippen molar-refractivity contribution in [1.29, 1.82) is 0 Å². The van der Waals surface area contributed by atoms with Gasteiger partial charge in [-0.25, -0.2) is 12.8 Å². The predicted octanol–water partition coefficient (Wildman–Crippen LogP) is 2.70. The lowest BCUT2D eigenvalue weighted by Crippen LogP contribution is -2.45. The number of nitrogens with zero attached hydrogens (tertiary/aromatic N) is 1. The van der Waals surface area contributed by atoms with Crippen LogP contribution in [0.5, 0.6) is 0 Å². The first-order valence-corrected chi connectivity index (χ1v) is 9.53. The van der Waals surface area contributed by atoms with Crippen molar-refractivity contribution in [2.45, 2.75) is 33.7 Å². The molecule has 0 aromatic heterocycles. The Morgan fingerprint density at radius 1 is 1.28 bits per heavy atom. The fourth-order valence-corrected chi connectivity index (χ4v) is 2.73. The molecule has 9 heteroatoms. The fourth-order valence-electron chi connectivity index (χ4n) is 1.77. The number of hydrogen-bond acceptors (Lipinski definition) is 3. The van der Waals surface area contributed by atoms with E-state index in [4.69, 9.17) is 0 Å². The third kappa shape index (κ3) is 8.70. The molecule has 0 bridgehead atoms. The summed E-state index contributed by atoms with van der Waals surface area (Å²) in [6, 6.07) is 4.45. The van der Waals surface area contributed by atoms with Crippen LogP contribution in [0.3, 0.4) is 0 Å². The maximum atomic E-state index is 13.5. The molecule has 0 aliphatic heterocycles. The molecule has 0 amide bonds. The highest BCUT2D eigenvalue weighted by molar-refractivity contribution is 14.0. The van der Waals surface area contributed by atoms with Crippen molar-refractivity contribution in [1.82, 2.24) is 10.6 Å². The topological polar surface area (TPSA) is 82.6 Å². The molecule has 144 valence electrons. The normalized spacial score (nSPS) is 13.2. The third-order valence-corrected chi connectivity index (χ3v) is 4.98. The number of hydrogen-bond donors (Lipinski definition) is 3. The van der Waals surface area contributed by atoms with Gasteiger partial charge >= 0.3 is 0 Å². The molecule has 1 rings (SSSR count). The Morgan fingerprint density at radius 3 is 2.44 bits per heavy atom. The molecule has 0 fully saturated rings. The Balaban J connectivity index is 0.00000576. The van der Waals surface area contributed by atoms with E-state index in [-0.39, 0.29) is 48.0 Å². The highest BCUT2D eigenvalue weighted by Gasteiger charge is 2.13. The molecular weight excluding hydrogens is 458 g/mol. The van der Waals surface area contributed by atoms with Crippen LogP contribution in [0.4, 0.5) is 10.1 Å². The monoisotopic (exact) mass is 486 g/mol. The fraction of sp³-hybridized carbons (Fsp3) is 0.562. The second-order valence-electron chi connectivity index (χ2n) is 6.06. The molecule has 1 unspecified atom stereocenters. The minimum Gasteiger partial charge on any atom is -0.355 e. The number of benzene rings is 1. The van der Waals surface area contributed by atoms with E-state index in [2.05, 4.69) is 34.2 Å². The van der Waals surface area contributed by atoms with Crippen LogP contribution >= 0.6 is 24.0 Å². The van der Waals surface area contributed by atoms with E-state index in [0.29, 0.717) is 17.4 Å². The van der Waals surface area contributed by atoms with Crippen LogP contribution in [0.25, 0.3) is 0 Å². The molecule has 0 saturated heterocycles. The molecule has 0 radical (unpaired) electrons. The lowest BCUT2D eigenvalue weighted by Gasteiger charge is -2.20. The SMILES string of the molecule is CN=C(NCCS(=O)(=O)Nc1ccc(C)c(F)c1)NC(C)C(C)C.I. The quantitative estimate of drug-likeness (QED) is 0.315. The molecule has 0 saturated carbocycles. The van der Waals surface area contributed by atoms with Gasteiger partial charge in [-0.1, -0.05) is 19.9 Å². The van der Waals surface area contributed by atoms with E-state index in [1.54, 1.807) is 14.0 Å². The zero-order valence-electron chi connectivity index (χ0n) is 15.3. The zero-order valence-corrected chi connectivity index (χ0v) is 18.4. The number of aliphatic imine (C=N–C) groups is 1. The van der Waals surface area contributed by atoms with Crippen LogP contribution < -0.4 is 15.4 Å². The van der Waals surface area contributed by atoms with Gasteiger partial charge in [0.25, 0.3) is 0 Å². The van der Waals surface area contributed by atoms with Gasteiger partial charge in [-0.05, 0) is 37.5 Å². The number of rotatable bonds is 7. The molecule has 0 spiro atoms. The van der Waals surface area contributed by atoms with Gasteiger partial charge in [0.15, 0.2) is 5.96 Å². The van der Waals surface area contributed by atoms with E-state index in [1.165, 1.54) is 18.2 Å².